The van der Waals surface area contributed by atoms with Gasteiger partial charge in [-0.1, -0.05) is 186 Å². The average Bonchev–Trinajstić information content (AvgIpc) is 3.30. The minimum absolute atomic E-state index is 0.155. The van der Waals surface area contributed by atoms with Crippen LogP contribution in [-0.4, -0.2) is 140 Å². The highest BCUT2D eigenvalue weighted by Gasteiger charge is 2.51. The lowest BCUT2D eigenvalue weighted by atomic mass is 9.97. The maximum absolute atomic E-state index is 12.3. The van der Waals surface area contributed by atoms with Crippen molar-refractivity contribution in [3.05, 3.63) is 24.3 Å². The molecule has 2 rings (SSSR count). The minimum Gasteiger partial charge on any atom is -0.394 e. The molecule has 2 fully saturated rings. The molecule has 0 aromatic carbocycles. The van der Waals surface area contributed by atoms with Gasteiger partial charge in [0.25, 0.3) is 0 Å². The van der Waals surface area contributed by atoms with E-state index in [2.05, 4.69) is 24.4 Å². The van der Waals surface area contributed by atoms with E-state index < -0.39 is 86.8 Å². The number of ether oxygens (including phenoxy) is 4. The molecule has 2 heterocycles. The van der Waals surface area contributed by atoms with Gasteiger partial charge in [0.1, 0.15) is 48.8 Å². The molecule has 14 heteroatoms. The van der Waals surface area contributed by atoms with Crippen LogP contribution in [0.4, 0.5) is 0 Å². The molecule has 0 radical (unpaired) electrons. The van der Waals surface area contributed by atoms with Crippen LogP contribution in [0.3, 0.4) is 0 Å². The number of unbranched alkanes of at least 4 members (excludes halogenated alkanes) is 25. The molecule has 2 saturated heterocycles. The zero-order chi connectivity index (χ0) is 46.8. The van der Waals surface area contributed by atoms with E-state index in [1.165, 1.54) is 154 Å². The predicted octanol–water partition coefficient (Wildman–Crippen LogP) is 6.55. The molecule has 1 amide bonds. The lowest BCUT2D eigenvalue weighted by molar-refractivity contribution is -0.359. The molecule has 376 valence electrons. The topological polar surface area (TPSA) is 228 Å². The summed E-state index contributed by atoms with van der Waals surface area (Å²) in [6.07, 6.45) is 26.7. The molecule has 12 atom stereocenters. The van der Waals surface area contributed by atoms with Crippen LogP contribution in [0.15, 0.2) is 24.3 Å². The zero-order valence-electron chi connectivity index (χ0n) is 39.8. The number of rotatable bonds is 39. The fraction of sp³-hybridized carbons (Fsp3) is 0.900. The number of aliphatic hydroxyl groups excluding tert-OH is 8. The summed E-state index contributed by atoms with van der Waals surface area (Å²) in [5.41, 5.74) is 0. The molecule has 0 aliphatic carbocycles. The standard InChI is InChI=1S/C50H93NO13/c1-3-5-6-7-8-9-10-11-12-13-14-15-16-17-18-19-20-21-22-23-24-25-26-27-28-29-30-31-32-33-34-39(54)38(51-42(55)4-2)37-61-49-47(60)45(58)48(41(36-53)63-49)64-50-46(59)44(57)43(56)40(35-52)62-50/h29-30,33-34,38-41,43-50,52-54,56-60H,3-28,31-32,35-37H2,1-2H3,(H,51,55)/b30-29+,34-33+. The first kappa shape index (κ1) is 58.6. The molecule has 64 heavy (non-hydrogen) atoms. The van der Waals surface area contributed by atoms with Gasteiger partial charge < -0.3 is 65.1 Å². The van der Waals surface area contributed by atoms with Gasteiger partial charge in [-0.25, -0.2) is 0 Å². The van der Waals surface area contributed by atoms with E-state index in [1.807, 2.05) is 6.08 Å². The lowest BCUT2D eigenvalue weighted by Gasteiger charge is -2.46. The molecule has 0 aromatic rings. The van der Waals surface area contributed by atoms with E-state index in [1.54, 1.807) is 13.0 Å². The number of carbonyl (C=O) groups is 1. The Kier molecular flexibility index (Phi) is 34.3. The van der Waals surface area contributed by atoms with Crippen molar-refractivity contribution in [3.63, 3.8) is 0 Å². The molecule has 0 bridgehead atoms. The van der Waals surface area contributed by atoms with Crippen molar-refractivity contribution in [3.8, 4) is 0 Å². The summed E-state index contributed by atoms with van der Waals surface area (Å²) in [5.74, 6) is -0.337. The summed E-state index contributed by atoms with van der Waals surface area (Å²) in [5, 5.41) is 85.4. The number of nitrogens with one attached hydrogen (secondary N) is 1. The Morgan fingerprint density at radius 1 is 0.547 bits per heavy atom. The first-order chi connectivity index (χ1) is 31.1. The second-order valence-electron chi connectivity index (χ2n) is 18.3. The maximum atomic E-state index is 12.3. The van der Waals surface area contributed by atoms with Gasteiger partial charge in [-0.05, 0) is 25.7 Å². The van der Waals surface area contributed by atoms with Crippen molar-refractivity contribution in [2.75, 3.05) is 19.8 Å². The maximum Gasteiger partial charge on any atom is 0.220 e. The van der Waals surface area contributed by atoms with Crippen LogP contribution in [0.1, 0.15) is 194 Å². The number of aliphatic hydroxyl groups is 8. The van der Waals surface area contributed by atoms with E-state index in [0.29, 0.717) is 6.42 Å². The molecular formula is C50H93NO13. The normalized spacial score (nSPS) is 27.4. The summed E-state index contributed by atoms with van der Waals surface area (Å²) < 4.78 is 22.3. The Bertz CT molecular complexity index is 1170. The van der Waals surface area contributed by atoms with Crippen molar-refractivity contribution >= 4 is 5.91 Å². The van der Waals surface area contributed by atoms with Crippen LogP contribution in [-0.2, 0) is 23.7 Å². The third-order valence-corrected chi connectivity index (χ3v) is 12.7. The van der Waals surface area contributed by atoms with Gasteiger partial charge in [0.2, 0.25) is 5.91 Å². The van der Waals surface area contributed by atoms with Gasteiger partial charge in [0.15, 0.2) is 12.6 Å². The third kappa shape index (κ3) is 24.5. The van der Waals surface area contributed by atoms with E-state index >= 15 is 0 Å². The van der Waals surface area contributed by atoms with Gasteiger partial charge in [0, 0.05) is 6.42 Å². The van der Waals surface area contributed by atoms with Crippen LogP contribution < -0.4 is 5.32 Å². The highest BCUT2D eigenvalue weighted by atomic mass is 16.7. The van der Waals surface area contributed by atoms with Crippen LogP contribution in [0.2, 0.25) is 0 Å². The fourth-order valence-electron chi connectivity index (χ4n) is 8.45. The molecule has 2 aliphatic rings. The Morgan fingerprint density at radius 3 is 1.47 bits per heavy atom. The quantitative estimate of drug-likeness (QED) is 0.0236. The van der Waals surface area contributed by atoms with Crippen LogP contribution in [0, 0.1) is 0 Å². The molecule has 0 spiro atoms. The SMILES string of the molecule is CCCCCCCCCCCCCCCCCCCCCCCCCC/C=C/CC/C=C/C(O)C(COC1OC(CO)C(OC2OC(CO)C(O)C(O)C2O)C(O)C1O)NC(=O)CC. The molecular weight excluding hydrogens is 823 g/mol. The Balaban J connectivity index is 1.53. The number of hydrogen-bond acceptors (Lipinski definition) is 13. The van der Waals surface area contributed by atoms with Gasteiger partial charge in [0.05, 0.1) is 32.0 Å². The summed E-state index contributed by atoms with van der Waals surface area (Å²) in [4.78, 5) is 12.3. The fourth-order valence-corrected chi connectivity index (χ4v) is 8.45. The molecule has 14 nitrogen and oxygen atoms in total. The second kappa shape index (κ2) is 37.5. The van der Waals surface area contributed by atoms with Crippen molar-refractivity contribution < 1.29 is 64.6 Å². The first-order valence-electron chi connectivity index (χ1n) is 25.6. The van der Waals surface area contributed by atoms with Crippen molar-refractivity contribution in [2.45, 2.75) is 267 Å². The summed E-state index contributed by atoms with van der Waals surface area (Å²) in [6, 6.07) is -0.925. The number of hydrogen-bond donors (Lipinski definition) is 9. The van der Waals surface area contributed by atoms with E-state index in [4.69, 9.17) is 18.9 Å². The summed E-state index contributed by atoms with van der Waals surface area (Å²) in [7, 11) is 0. The van der Waals surface area contributed by atoms with Gasteiger partial charge in [-0.2, -0.15) is 0 Å². The molecule has 12 unspecified atom stereocenters. The summed E-state index contributed by atoms with van der Waals surface area (Å²) in [6.45, 7) is 2.21. The highest BCUT2D eigenvalue weighted by molar-refractivity contribution is 5.75. The van der Waals surface area contributed by atoms with Crippen molar-refractivity contribution in [2.24, 2.45) is 0 Å². The number of carbonyl (C=O) groups excluding carboxylic acids is 1. The Labute approximate surface area is 386 Å². The molecule has 0 saturated carbocycles. The first-order valence-corrected chi connectivity index (χ1v) is 25.6. The smallest absolute Gasteiger partial charge is 0.220 e. The highest BCUT2D eigenvalue weighted by Crippen LogP contribution is 2.30. The molecule has 9 N–H and O–H groups in total. The number of amides is 1. The second-order valence-corrected chi connectivity index (χ2v) is 18.3. The lowest BCUT2D eigenvalue weighted by Crippen LogP contribution is -2.65. The number of allylic oxidation sites excluding steroid dienone is 3. The average molecular weight is 916 g/mol. The molecule has 0 aromatic heterocycles. The predicted molar refractivity (Wildman–Crippen MR) is 249 cm³/mol. The van der Waals surface area contributed by atoms with Crippen molar-refractivity contribution in [1.82, 2.24) is 5.32 Å². The van der Waals surface area contributed by atoms with Crippen LogP contribution in [0.5, 0.6) is 0 Å². The zero-order valence-corrected chi connectivity index (χ0v) is 39.8. The van der Waals surface area contributed by atoms with Crippen molar-refractivity contribution in [1.29, 1.82) is 0 Å². The van der Waals surface area contributed by atoms with Crippen LogP contribution in [0.25, 0.3) is 0 Å². The van der Waals surface area contributed by atoms with Gasteiger partial charge in [-0.15, -0.1) is 0 Å². The third-order valence-electron chi connectivity index (χ3n) is 12.7. The monoisotopic (exact) mass is 916 g/mol. The molecule has 2 aliphatic heterocycles. The Morgan fingerprint density at radius 2 is 0.984 bits per heavy atom. The van der Waals surface area contributed by atoms with E-state index in [-0.39, 0.29) is 18.9 Å². The van der Waals surface area contributed by atoms with Gasteiger partial charge >= 0.3 is 0 Å². The van der Waals surface area contributed by atoms with Gasteiger partial charge in [-0.3, -0.25) is 4.79 Å². The Hall–Kier alpha value is -1.53. The minimum atomic E-state index is -1.79. The summed E-state index contributed by atoms with van der Waals surface area (Å²) >= 11 is 0. The van der Waals surface area contributed by atoms with Crippen LogP contribution >= 0.6 is 0 Å². The van der Waals surface area contributed by atoms with E-state index in [9.17, 15) is 45.6 Å². The van der Waals surface area contributed by atoms with E-state index in [0.717, 1.165) is 12.8 Å². The largest absolute Gasteiger partial charge is 0.394 e.